The number of amides is 1. The summed E-state index contributed by atoms with van der Waals surface area (Å²) in [6.45, 7) is 0. The van der Waals surface area contributed by atoms with Crippen molar-refractivity contribution in [3.05, 3.63) is 46.5 Å². The van der Waals surface area contributed by atoms with E-state index in [0.717, 1.165) is 25.7 Å². The first kappa shape index (κ1) is 19.9. The van der Waals surface area contributed by atoms with Crippen LogP contribution in [0.1, 0.15) is 42.1 Å². The van der Waals surface area contributed by atoms with Crippen LogP contribution in [0.25, 0.3) is 5.65 Å². The summed E-state index contributed by atoms with van der Waals surface area (Å²) >= 11 is 0. The monoisotopic (exact) mass is 411 g/mol. The Morgan fingerprint density at radius 1 is 1.30 bits per heavy atom. The molecule has 0 bridgehead atoms. The van der Waals surface area contributed by atoms with Crippen LogP contribution in [0.5, 0.6) is 0 Å². The molecular weight excluding hydrogens is 386 g/mol. The fourth-order valence-corrected chi connectivity index (χ4v) is 3.97. The van der Waals surface area contributed by atoms with Crippen LogP contribution >= 0.6 is 0 Å². The van der Waals surface area contributed by atoms with Crippen molar-refractivity contribution in [1.82, 2.24) is 19.2 Å². The second kappa shape index (κ2) is 8.15. The molecule has 1 amide bonds. The van der Waals surface area contributed by atoms with Crippen molar-refractivity contribution >= 4 is 28.9 Å². The van der Waals surface area contributed by atoms with E-state index in [1.807, 2.05) is 12.3 Å². The third-order valence-electron chi connectivity index (χ3n) is 5.60. The summed E-state index contributed by atoms with van der Waals surface area (Å²) in [5.74, 6) is 0.391. The summed E-state index contributed by atoms with van der Waals surface area (Å²) in [4.78, 5) is 29.2. The SMILES string of the molecule is CNc1cc(Nc2cccn([C@H]3CC[C@@H](OC)CC3)c2=O)nc2c(C(N)=O)cnn12. The number of pyridine rings is 1. The molecule has 0 radical (unpaired) electrons. The fourth-order valence-electron chi connectivity index (χ4n) is 3.97. The lowest BCUT2D eigenvalue weighted by atomic mass is 9.92. The molecule has 4 N–H and O–H groups in total. The Kier molecular flexibility index (Phi) is 5.40. The normalized spacial score (nSPS) is 19.0. The summed E-state index contributed by atoms with van der Waals surface area (Å²) in [6.07, 6.45) is 7.13. The average Bonchev–Trinajstić information content (AvgIpc) is 3.19. The maximum absolute atomic E-state index is 13.1. The third-order valence-corrected chi connectivity index (χ3v) is 5.60. The van der Waals surface area contributed by atoms with E-state index in [1.54, 1.807) is 30.9 Å². The van der Waals surface area contributed by atoms with Crippen LogP contribution in [-0.4, -0.2) is 45.3 Å². The van der Waals surface area contributed by atoms with Crippen LogP contribution < -0.4 is 21.9 Å². The predicted molar refractivity (Wildman–Crippen MR) is 113 cm³/mol. The smallest absolute Gasteiger partial charge is 0.274 e. The Balaban J connectivity index is 1.66. The quantitative estimate of drug-likeness (QED) is 0.565. The maximum Gasteiger partial charge on any atom is 0.274 e. The number of nitrogens with one attached hydrogen (secondary N) is 2. The Morgan fingerprint density at radius 3 is 2.73 bits per heavy atom. The molecule has 0 spiro atoms. The summed E-state index contributed by atoms with van der Waals surface area (Å²) < 4.78 is 8.70. The van der Waals surface area contributed by atoms with Crippen molar-refractivity contribution in [2.45, 2.75) is 37.8 Å². The maximum atomic E-state index is 13.1. The van der Waals surface area contributed by atoms with Gasteiger partial charge in [-0.15, -0.1) is 0 Å². The highest BCUT2D eigenvalue weighted by molar-refractivity contribution is 5.98. The molecule has 0 aromatic carbocycles. The van der Waals surface area contributed by atoms with E-state index in [1.165, 1.54) is 10.7 Å². The molecule has 1 aliphatic carbocycles. The van der Waals surface area contributed by atoms with Gasteiger partial charge in [0.2, 0.25) is 0 Å². The van der Waals surface area contributed by atoms with Gasteiger partial charge in [0.1, 0.15) is 22.9 Å². The zero-order chi connectivity index (χ0) is 21.3. The lowest BCUT2D eigenvalue weighted by Crippen LogP contribution is -2.30. The van der Waals surface area contributed by atoms with Gasteiger partial charge in [-0.05, 0) is 37.8 Å². The molecule has 0 unspecified atom stereocenters. The molecule has 30 heavy (non-hydrogen) atoms. The van der Waals surface area contributed by atoms with Gasteiger partial charge in [0, 0.05) is 32.5 Å². The highest BCUT2D eigenvalue weighted by atomic mass is 16.5. The van der Waals surface area contributed by atoms with E-state index >= 15 is 0 Å². The van der Waals surface area contributed by atoms with Gasteiger partial charge in [-0.2, -0.15) is 9.61 Å². The van der Waals surface area contributed by atoms with Gasteiger partial charge >= 0.3 is 0 Å². The number of nitrogens with two attached hydrogens (primary N) is 1. The molecular formula is C20H25N7O3. The van der Waals surface area contributed by atoms with Crippen molar-refractivity contribution in [3.8, 4) is 0 Å². The van der Waals surface area contributed by atoms with Crippen LogP contribution in [-0.2, 0) is 4.74 Å². The standard InChI is InChI=1S/C20H25N7O3/c1-22-17-10-16(25-19-14(18(21)28)11-23-27(17)19)24-15-4-3-9-26(20(15)29)12-5-7-13(30-2)8-6-12/h3-4,9-13,22H,5-8H2,1-2H3,(H2,21,28)(H,24,25)/t12-,13+. The number of hydrogen-bond donors (Lipinski definition) is 3. The second-order valence-corrected chi connectivity index (χ2v) is 7.36. The number of nitrogens with zero attached hydrogens (tertiary/aromatic N) is 4. The number of anilines is 3. The molecule has 3 aromatic heterocycles. The molecule has 1 fully saturated rings. The van der Waals surface area contributed by atoms with E-state index in [2.05, 4.69) is 20.7 Å². The predicted octanol–water partition coefficient (Wildman–Crippen LogP) is 1.91. The van der Waals surface area contributed by atoms with Gasteiger partial charge in [0.15, 0.2) is 5.65 Å². The number of carbonyl (C=O) groups is 1. The van der Waals surface area contributed by atoms with Crippen LogP contribution in [0.15, 0.2) is 35.4 Å². The molecule has 158 valence electrons. The third kappa shape index (κ3) is 3.61. The number of rotatable bonds is 6. The number of ether oxygens (including phenoxy) is 1. The Labute approximate surface area is 173 Å². The minimum atomic E-state index is -0.620. The van der Waals surface area contributed by atoms with Gasteiger partial charge in [0.05, 0.1) is 12.3 Å². The van der Waals surface area contributed by atoms with E-state index in [0.29, 0.717) is 23.0 Å². The lowest BCUT2D eigenvalue weighted by Gasteiger charge is -2.29. The second-order valence-electron chi connectivity index (χ2n) is 7.36. The number of methoxy groups -OCH3 is 1. The van der Waals surface area contributed by atoms with Crippen LogP contribution in [0.2, 0.25) is 0 Å². The summed E-state index contributed by atoms with van der Waals surface area (Å²) in [5.41, 5.74) is 6.24. The zero-order valence-corrected chi connectivity index (χ0v) is 17.0. The van der Waals surface area contributed by atoms with E-state index in [9.17, 15) is 9.59 Å². The molecule has 3 aromatic rings. The van der Waals surface area contributed by atoms with Crippen molar-refractivity contribution in [3.63, 3.8) is 0 Å². The zero-order valence-electron chi connectivity index (χ0n) is 17.0. The van der Waals surface area contributed by atoms with Gasteiger partial charge in [-0.1, -0.05) is 0 Å². The highest BCUT2D eigenvalue weighted by Gasteiger charge is 2.23. The minimum Gasteiger partial charge on any atom is -0.381 e. The molecule has 1 saturated carbocycles. The minimum absolute atomic E-state index is 0.116. The first-order chi connectivity index (χ1) is 14.5. The van der Waals surface area contributed by atoms with E-state index in [-0.39, 0.29) is 23.3 Å². The topological polar surface area (TPSA) is 129 Å². The van der Waals surface area contributed by atoms with Crippen molar-refractivity contribution in [2.24, 2.45) is 5.73 Å². The van der Waals surface area contributed by atoms with Gasteiger partial charge in [-0.25, -0.2) is 4.98 Å². The largest absolute Gasteiger partial charge is 0.381 e. The van der Waals surface area contributed by atoms with Crippen molar-refractivity contribution < 1.29 is 9.53 Å². The van der Waals surface area contributed by atoms with Gasteiger partial charge in [-0.3, -0.25) is 9.59 Å². The van der Waals surface area contributed by atoms with Crippen LogP contribution in [0.4, 0.5) is 17.3 Å². The van der Waals surface area contributed by atoms with E-state index < -0.39 is 5.91 Å². The van der Waals surface area contributed by atoms with Crippen molar-refractivity contribution in [1.29, 1.82) is 0 Å². The Morgan fingerprint density at radius 2 is 2.07 bits per heavy atom. The summed E-state index contributed by atoms with van der Waals surface area (Å²) in [7, 11) is 3.46. The van der Waals surface area contributed by atoms with E-state index in [4.69, 9.17) is 10.5 Å². The Hall–Kier alpha value is -3.40. The number of fused-ring (bicyclic) bond motifs is 1. The first-order valence-corrected chi connectivity index (χ1v) is 9.89. The van der Waals surface area contributed by atoms with Crippen molar-refractivity contribution in [2.75, 3.05) is 24.8 Å². The van der Waals surface area contributed by atoms with Crippen LogP contribution in [0, 0.1) is 0 Å². The average molecular weight is 411 g/mol. The molecule has 0 saturated heterocycles. The first-order valence-electron chi connectivity index (χ1n) is 9.89. The molecule has 10 nitrogen and oxygen atoms in total. The molecule has 0 atom stereocenters. The number of primary amides is 1. The number of aromatic nitrogens is 4. The van der Waals surface area contributed by atoms with Gasteiger partial charge in [0.25, 0.3) is 11.5 Å². The lowest BCUT2D eigenvalue weighted by molar-refractivity contribution is 0.0580. The summed E-state index contributed by atoms with van der Waals surface area (Å²) in [5, 5.41) is 10.3. The molecule has 3 heterocycles. The number of carbonyl (C=O) groups excluding carboxylic acids is 1. The highest BCUT2D eigenvalue weighted by Crippen LogP contribution is 2.29. The summed E-state index contributed by atoms with van der Waals surface area (Å²) in [6, 6.07) is 5.42. The molecule has 10 heteroatoms. The molecule has 1 aliphatic rings. The number of hydrogen-bond acceptors (Lipinski definition) is 7. The molecule has 4 rings (SSSR count). The molecule has 0 aliphatic heterocycles. The fraction of sp³-hybridized carbons (Fsp3) is 0.400. The Bertz CT molecular complexity index is 1130. The van der Waals surface area contributed by atoms with Gasteiger partial charge < -0.3 is 25.7 Å². The van der Waals surface area contributed by atoms with Crippen LogP contribution in [0.3, 0.4) is 0 Å².